The summed E-state index contributed by atoms with van der Waals surface area (Å²) in [5, 5.41) is 19.1. The van der Waals surface area contributed by atoms with Gasteiger partial charge in [-0.2, -0.15) is 0 Å². The van der Waals surface area contributed by atoms with Gasteiger partial charge >= 0.3 is 5.97 Å². The molecule has 0 saturated carbocycles. The molecule has 0 aliphatic rings. The van der Waals surface area contributed by atoms with Crippen LogP contribution in [0.15, 0.2) is 39.9 Å². The molecule has 0 amide bonds. The molecule has 0 bridgehead atoms. The topological polar surface area (TPSA) is 81.2 Å². The zero-order valence-electron chi connectivity index (χ0n) is 13.1. The van der Waals surface area contributed by atoms with Crippen molar-refractivity contribution in [1.29, 1.82) is 0 Å². The SMILES string of the molecule is CCn1c(SCc2ccc(C(=O)O)o2)nnc1-c1ccc(Cl)cc1Cl. The molecular weight excluding hydrogens is 385 g/mol. The molecular formula is C16H13Cl2N3O3S. The van der Waals surface area contributed by atoms with Gasteiger partial charge in [-0.1, -0.05) is 35.0 Å². The maximum Gasteiger partial charge on any atom is 0.371 e. The first kappa shape index (κ1) is 17.8. The van der Waals surface area contributed by atoms with E-state index in [1.807, 2.05) is 11.5 Å². The summed E-state index contributed by atoms with van der Waals surface area (Å²) in [6.07, 6.45) is 0. The second-order valence-corrected chi connectivity index (χ2v) is 6.82. The number of aromatic carboxylic acids is 1. The van der Waals surface area contributed by atoms with Gasteiger partial charge in [0.2, 0.25) is 5.76 Å². The Morgan fingerprint density at radius 2 is 2.08 bits per heavy atom. The van der Waals surface area contributed by atoms with E-state index in [2.05, 4.69) is 10.2 Å². The maximum atomic E-state index is 10.9. The van der Waals surface area contributed by atoms with E-state index in [4.69, 9.17) is 32.7 Å². The Bertz CT molecular complexity index is 923. The fraction of sp³-hybridized carbons (Fsp3) is 0.188. The van der Waals surface area contributed by atoms with Gasteiger partial charge in [0.1, 0.15) is 5.76 Å². The molecule has 9 heteroatoms. The molecule has 0 aliphatic heterocycles. The number of aromatic nitrogens is 3. The lowest BCUT2D eigenvalue weighted by Gasteiger charge is -2.08. The number of benzene rings is 1. The smallest absolute Gasteiger partial charge is 0.371 e. The summed E-state index contributed by atoms with van der Waals surface area (Å²) in [4.78, 5) is 10.9. The van der Waals surface area contributed by atoms with Gasteiger partial charge in [-0.3, -0.25) is 0 Å². The number of carbonyl (C=O) groups is 1. The Morgan fingerprint density at radius 1 is 1.28 bits per heavy atom. The minimum atomic E-state index is -1.09. The number of nitrogens with zero attached hydrogens (tertiary/aromatic N) is 3. The van der Waals surface area contributed by atoms with E-state index in [1.165, 1.54) is 17.8 Å². The van der Waals surface area contributed by atoms with Gasteiger partial charge in [0.05, 0.1) is 10.8 Å². The van der Waals surface area contributed by atoms with Crippen LogP contribution in [0.5, 0.6) is 0 Å². The van der Waals surface area contributed by atoms with Crippen molar-refractivity contribution in [2.45, 2.75) is 24.4 Å². The number of rotatable bonds is 6. The van der Waals surface area contributed by atoms with Gasteiger partial charge in [-0.25, -0.2) is 4.79 Å². The summed E-state index contributed by atoms with van der Waals surface area (Å²) in [6, 6.07) is 8.29. The van der Waals surface area contributed by atoms with Gasteiger partial charge in [0.15, 0.2) is 11.0 Å². The monoisotopic (exact) mass is 397 g/mol. The quantitative estimate of drug-likeness (QED) is 0.598. The summed E-state index contributed by atoms with van der Waals surface area (Å²) in [7, 11) is 0. The molecule has 130 valence electrons. The van der Waals surface area contributed by atoms with E-state index < -0.39 is 5.97 Å². The second kappa shape index (κ2) is 7.51. The Labute approximate surface area is 157 Å². The van der Waals surface area contributed by atoms with Crippen molar-refractivity contribution in [1.82, 2.24) is 14.8 Å². The Kier molecular flexibility index (Phi) is 5.36. The third kappa shape index (κ3) is 3.84. The van der Waals surface area contributed by atoms with Crippen molar-refractivity contribution in [3.05, 3.63) is 51.9 Å². The average Bonchev–Trinajstić information content (AvgIpc) is 3.19. The molecule has 0 unspecified atom stereocenters. The summed E-state index contributed by atoms with van der Waals surface area (Å²) < 4.78 is 7.18. The molecule has 1 N–H and O–H groups in total. The first-order valence-corrected chi connectivity index (χ1v) is 9.07. The van der Waals surface area contributed by atoms with Crippen LogP contribution >= 0.6 is 35.0 Å². The predicted octanol–water partition coefficient (Wildman–Crippen LogP) is 4.86. The highest BCUT2D eigenvalue weighted by Crippen LogP contribution is 2.32. The Balaban J connectivity index is 1.83. The van der Waals surface area contributed by atoms with Crippen molar-refractivity contribution in [3.63, 3.8) is 0 Å². The molecule has 6 nitrogen and oxygen atoms in total. The van der Waals surface area contributed by atoms with Gasteiger partial charge < -0.3 is 14.1 Å². The van der Waals surface area contributed by atoms with Gasteiger partial charge in [-0.15, -0.1) is 10.2 Å². The van der Waals surface area contributed by atoms with E-state index >= 15 is 0 Å². The molecule has 1 aromatic carbocycles. The van der Waals surface area contributed by atoms with Gasteiger partial charge in [-0.05, 0) is 37.3 Å². The molecule has 2 aromatic heterocycles. The molecule has 3 aromatic rings. The van der Waals surface area contributed by atoms with Crippen LogP contribution in [0.25, 0.3) is 11.4 Å². The third-order valence-corrected chi connectivity index (χ3v) is 4.96. The molecule has 0 atom stereocenters. The molecule has 0 spiro atoms. The molecule has 25 heavy (non-hydrogen) atoms. The van der Waals surface area contributed by atoms with E-state index in [0.29, 0.717) is 39.1 Å². The summed E-state index contributed by atoms with van der Waals surface area (Å²) in [5.41, 5.74) is 0.749. The van der Waals surface area contributed by atoms with Crippen molar-refractivity contribution < 1.29 is 14.3 Å². The van der Waals surface area contributed by atoms with E-state index in [-0.39, 0.29) is 5.76 Å². The van der Waals surface area contributed by atoms with E-state index in [1.54, 1.807) is 24.3 Å². The number of carboxylic acids is 1. The van der Waals surface area contributed by atoms with Gasteiger partial charge in [0.25, 0.3) is 0 Å². The van der Waals surface area contributed by atoms with Crippen LogP contribution in [-0.2, 0) is 12.3 Å². The molecule has 0 radical (unpaired) electrons. The van der Waals surface area contributed by atoms with Crippen LogP contribution in [0.2, 0.25) is 10.0 Å². The van der Waals surface area contributed by atoms with Crippen molar-refractivity contribution in [2.75, 3.05) is 0 Å². The van der Waals surface area contributed by atoms with Crippen LogP contribution in [0.4, 0.5) is 0 Å². The fourth-order valence-electron chi connectivity index (χ4n) is 2.26. The summed E-state index contributed by atoms with van der Waals surface area (Å²) >= 11 is 13.6. The molecule has 3 rings (SSSR count). The highest BCUT2D eigenvalue weighted by Gasteiger charge is 2.17. The minimum Gasteiger partial charge on any atom is -0.475 e. The van der Waals surface area contributed by atoms with Crippen molar-refractivity contribution >= 4 is 40.9 Å². The average molecular weight is 398 g/mol. The van der Waals surface area contributed by atoms with Gasteiger partial charge in [0, 0.05) is 17.1 Å². The van der Waals surface area contributed by atoms with Crippen molar-refractivity contribution in [2.24, 2.45) is 0 Å². The van der Waals surface area contributed by atoms with Crippen LogP contribution in [0, 0.1) is 0 Å². The normalized spacial score (nSPS) is 11.0. The number of hydrogen-bond acceptors (Lipinski definition) is 5. The molecule has 0 fully saturated rings. The van der Waals surface area contributed by atoms with Crippen LogP contribution < -0.4 is 0 Å². The zero-order valence-corrected chi connectivity index (χ0v) is 15.4. The number of carboxylic acid groups (broad SMARTS) is 1. The van der Waals surface area contributed by atoms with Crippen LogP contribution in [-0.4, -0.2) is 25.8 Å². The molecule has 0 saturated heterocycles. The second-order valence-electron chi connectivity index (χ2n) is 5.03. The number of halogens is 2. The van der Waals surface area contributed by atoms with E-state index in [9.17, 15) is 4.79 Å². The largest absolute Gasteiger partial charge is 0.475 e. The lowest BCUT2D eigenvalue weighted by Crippen LogP contribution is -2.00. The fourth-order valence-corrected chi connectivity index (χ4v) is 3.65. The lowest BCUT2D eigenvalue weighted by molar-refractivity contribution is 0.0661. The third-order valence-electron chi connectivity index (χ3n) is 3.42. The standard InChI is InChI=1S/C16H13Cl2N3O3S/c1-2-21-14(11-5-3-9(17)7-12(11)18)19-20-16(21)25-8-10-4-6-13(24-10)15(22)23/h3-7H,2,8H2,1H3,(H,22,23). The van der Waals surface area contributed by atoms with E-state index in [0.717, 1.165) is 5.56 Å². The number of thioether (sulfide) groups is 1. The lowest BCUT2D eigenvalue weighted by atomic mass is 10.2. The highest BCUT2D eigenvalue weighted by molar-refractivity contribution is 7.98. The Morgan fingerprint density at radius 3 is 2.72 bits per heavy atom. The summed E-state index contributed by atoms with van der Waals surface area (Å²) in [6.45, 7) is 2.64. The zero-order chi connectivity index (χ0) is 18.0. The number of furan rings is 1. The number of hydrogen-bond donors (Lipinski definition) is 1. The summed E-state index contributed by atoms with van der Waals surface area (Å²) in [5.74, 6) is 0.477. The van der Waals surface area contributed by atoms with Crippen molar-refractivity contribution in [3.8, 4) is 11.4 Å². The first-order valence-electron chi connectivity index (χ1n) is 7.33. The maximum absolute atomic E-state index is 10.9. The molecule has 0 aliphatic carbocycles. The van der Waals surface area contributed by atoms with Crippen LogP contribution in [0.3, 0.4) is 0 Å². The Hall–Kier alpha value is -1.96. The highest BCUT2D eigenvalue weighted by atomic mass is 35.5. The van der Waals surface area contributed by atoms with Crippen LogP contribution in [0.1, 0.15) is 23.2 Å². The first-order chi connectivity index (χ1) is 12.0. The minimum absolute atomic E-state index is 0.0822. The molecule has 2 heterocycles. The predicted molar refractivity (Wildman–Crippen MR) is 96.4 cm³/mol.